The highest BCUT2D eigenvalue weighted by Gasteiger charge is 2.17. The molecule has 21 heavy (non-hydrogen) atoms. The molecule has 0 atom stereocenters. The Labute approximate surface area is 124 Å². The standard InChI is InChI=1S/C16H19N3O2/c1-3-21-15-14(8-6-11-18-15)16(20)19(2)12-9-13-7-4-5-10-17-13/h4-8,10-11H,3,9,12H2,1-2H3. The lowest BCUT2D eigenvalue weighted by molar-refractivity contribution is 0.0791. The maximum Gasteiger partial charge on any atom is 0.259 e. The number of likely N-dealkylation sites (N-methyl/N-ethyl adjacent to an activating group) is 1. The highest BCUT2D eigenvalue weighted by Crippen LogP contribution is 2.16. The largest absolute Gasteiger partial charge is 0.477 e. The van der Waals surface area contributed by atoms with E-state index in [1.807, 2.05) is 25.1 Å². The maximum absolute atomic E-state index is 12.4. The smallest absolute Gasteiger partial charge is 0.259 e. The van der Waals surface area contributed by atoms with Crippen LogP contribution in [0.2, 0.25) is 0 Å². The summed E-state index contributed by atoms with van der Waals surface area (Å²) in [4.78, 5) is 22.5. The van der Waals surface area contributed by atoms with E-state index in [1.165, 1.54) is 0 Å². The molecule has 2 heterocycles. The molecule has 0 N–H and O–H groups in total. The fourth-order valence-corrected chi connectivity index (χ4v) is 1.94. The van der Waals surface area contributed by atoms with Crippen LogP contribution in [0.5, 0.6) is 5.88 Å². The highest BCUT2D eigenvalue weighted by molar-refractivity contribution is 5.96. The summed E-state index contributed by atoms with van der Waals surface area (Å²) in [6.07, 6.45) is 4.09. The Morgan fingerprint density at radius 3 is 2.71 bits per heavy atom. The van der Waals surface area contributed by atoms with Gasteiger partial charge < -0.3 is 9.64 Å². The summed E-state index contributed by atoms with van der Waals surface area (Å²) >= 11 is 0. The average molecular weight is 285 g/mol. The number of nitrogens with zero attached hydrogens (tertiary/aromatic N) is 3. The van der Waals surface area contributed by atoms with Gasteiger partial charge in [-0.3, -0.25) is 9.78 Å². The molecular formula is C16H19N3O2. The topological polar surface area (TPSA) is 55.3 Å². The third-order valence-electron chi connectivity index (χ3n) is 3.06. The molecule has 0 aliphatic carbocycles. The number of ether oxygens (including phenoxy) is 1. The van der Waals surface area contributed by atoms with Crippen molar-refractivity contribution in [2.24, 2.45) is 0 Å². The summed E-state index contributed by atoms with van der Waals surface area (Å²) in [7, 11) is 1.77. The van der Waals surface area contributed by atoms with Gasteiger partial charge >= 0.3 is 0 Å². The van der Waals surface area contributed by atoms with Gasteiger partial charge in [0.15, 0.2) is 0 Å². The van der Waals surface area contributed by atoms with E-state index in [9.17, 15) is 4.79 Å². The van der Waals surface area contributed by atoms with Crippen LogP contribution in [0, 0.1) is 0 Å². The zero-order chi connectivity index (χ0) is 15.1. The molecule has 0 spiro atoms. The fourth-order valence-electron chi connectivity index (χ4n) is 1.94. The molecule has 0 unspecified atom stereocenters. The Hall–Kier alpha value is -2.43. The molecule has 5 nitrogen and oxygen atoms in total. The lowest BCUT2D eigenvalue weighted by Gasteiger charge is -2.18. The van der Waals surface area contributed by atoms with Crippen LogP contribution in [-0.2, 0) is 6.42 Å². The molecule has 0 aliphatic rings. The Bertz CT molecular complexity index is 587. The lowest BCUT2D eigenvalue weighted by atomic mass is 10.2. The Balaban J connectivity index is 2.02. The second-order valence-corrected chi connectivity index (χ2v) is 4.59. The predicted molar refractivity (Wildman–Crippen MR) is 80.3 cm³/mol. The van der Waals surface area contributed by atoms with Gasteiger partial charge in [-0.05, 0) is 31.2 Å². The van der Waals surface area contributed by atoms with E-state index in [-0.39, 0.29) is 5.91 Å². The molecule has 2 rings (SSSR count). The van der Waals surface area contributed by atoms with Gasteiger partial charge in [0.2, 0.25) is 5.88 Å². The Kier molecular flexibility index (Phi) is 5.26. The minimum atomic E-state index is -0.0949. The average Bonchev–Trinajstić information content (AvgIpc) is 2.54. The van der Waals surface area contributed by atoms with E-state index in [4.69, 9.17) is 4.74 Å². The molecule has 2 aromatic rings. The molecule has 2 aromatic heterocycles. The number of aromatic nitrogens is 2. The SMILES string of the molecule is CCOc1ncccc1C(=O)N(C)CCc1ccccn1. The van der Waals surface area contributed by atoms with Crippen LogP contribution < -0.4 is 4.74 Å². The molecule has 110 valence electrons. The molecule has 5 heteroatoms. The first kappa shape index (κ1) is 15.0. The van der Waals surface area contributed by atoms with Crippen molar-refractivity contribution in [1.29, 1.82) is 0 Å². The van der Waals surface area contributed by atoms with Gasteiger partial charge in [0.1, 0.15) is 5.56 Å². The molecule has 0 fully saturated rings. The zero-order valence-electron chi connectivity index (χ0n) is 12.3. The molecule has 0 bridgehead atoms. The van der Waals surface area contributed by atoms with Crippen LogP contribution in [-0.4, -0.2) is 41.0 Å². The van der Waals surface area contributed by atoms with E-state index in [1.54, 1.807) is 36.5 Å². The van der Waals surface area contributed by atoms with Gasteiger partial charge in [0.25, 0.3) is 5.91 Å². The minimum absolute atomic E-state index is 0.0949. The van der Waals surface area contributed by atoms with Gasteiger partial charge in [-0.1, -0.05) is 6.07 Å². The number of pyridine rings is 2. The summed E-state index contributed by atoms with van der Waals surface area (Å²) in [5.74, 6) is 0.289. The van der Waals surface area contributed by atoms with Crippen LogP contribution >= 0.6 is 0 Å². The Morgan fingerprint density at radius 2 is 2.00 bits per heavy atom. The molecular weight excluding hydrogens is 266 g/mol. The van der Waals surface area contributed by atoms with Crippen molar-refractivity contribution < 1.29 is 9.53 Å². The molecule has 1 amide bonds. The number of rotatable bonds is 6. The monoisotopic (exact) mass is 285 g/mol. The molecule has 0 aromatic carbocycles. The predicted octanol–water partition coefficient (Wildman–Crippen LogP) is 2.19. The first-order valence-electron chi connectivity index (χ1n) is 6.95. The van der Waals surface area contributed by atoms with Crippen molar-refractivity contribution in [1.82, 2.24) is 14.9 Å². The molecule has 0 saturated carbocycles. The van der Waals surface area contributed by atoms with Crippen molar-refractivity contribution >= 4 is 5.91 Å². The molecule has 0 saturated heterocycles. The third kappa shape index (κ3) is 4.02. The van der Waals surface area contributed by atoms with Gasteiger partial charge in [0.05, 0.1) is 6.61 Å². The first-order chi connectivity index (χ1) is 10.2. The van der Waals surface area contributed by atoms with Crippen molar-refractivity contribution in [3.05, 3.63) is 54.0 Å². The number of hydrogen-bond donors (Lipinski definition) is 0. The van der Waals surface area contributed by atoms with Gasteiger partial charge in [-0.15, -0.1) is 0 Å². The third-order valence-corrected chi connectivity index (χ3v) is 3.06. The van der Waals surface area contributed by atoms with Crippen LogP contribution in [0.3, 0.4) is 0 Å². The first-order valence-corrected chi connectivity index (χ1v) is 6.95. The summed E-state index contributed by atoms with van der Waals surface area (Å²) in [5, 5.41) is 0. The van der Waals surface area contributed by atoms with Gasteiger partial charge in [-0.2, -0.15) is 0 Å². The summed E-state index contributed by atoms with van der Waals surface area (Å²) in [5.41, 5.74) is 1.45. The zero-order valence-corrected chi connectivity index (χ0v) is 12.3. The van der Waals surface area contributed by atoms with Crippen LogP contribution in [0.4, 0.5) is 0 Å². The quantitative estimate of drug-likeness (QED) is 0.816. The molecule has 0 radical (unpaired) electrons. The highest BCUT2D eigenvalue weighted by atomic mass is 16.5. The van der Waals surface area contributed by atoms with Crippen molar-refractivity contribution in [3.63, 3.8) is 0 Å². The normalized spacial score (nSPS) is 10.2. The van der Waals surface area contributed by atoms with E-state index in [2.05, 4.69) is 9.97 Å². The lowest BCUT2D eigenvalue weighted by Crippen LogP contribution is -2.29. The Morgan fingerprint density at radius 1 is 1.19 bits per heavy atom. The van der Waals surface area contributed by atoms with E-state index >= 15 is 0 Å². The van der Waals surface area contributed by atoms with Crippen molar-refractivity contribution in [3.8, 4) is 5.88 Å². The van der Waals surface area contributed by atoms with Crippen molar-refractivity contribution in [2.75, 3.05) is 20.2 Å². The van der Waals surface area contributed by atoms with Crippen LogP contribution in [0.1, 0.15) is 23.0 Å². The summed E-state index contributed by atoms with van der Waals surface area (Å²) in [6.45, 7) is 2.94. The number of amides is 1. The fraction of sp³-hybridized carbons (Fsp3) is 0.312. The second kappa shape index (κ2) is 7.38. The number of carbonyl (C=O) groups is 1. The minimum Gasteiger partial charge on any atom is -0.477 e. The molecule has 0 aliphatic heterocycles. The van der Waals surface area contributed by atoms with Gasteiger partial charge in [-0.25, -0.2) is 4.98 Å². The number of hydrogen-bond acceptors (Lipinski definition) is 4. The summed E-state index contributed by atoms with van der Waals surface area (Å²) in [6, 6.07) is 9.24. The number of carbonyl (C=O) groups excluding carboxylic acids is 1. The maximum atomic E-state index is 12.4. The van der Waals surface area contributed by atoms with E-state index in [0.717, 1.165) is 5.69 Å². The van der Waals surface area contributed by atoms with E-state index in [0.29, 0.717) is 31.0 Å². The van der Waals surface area contributed by atoms with Crippen LogP contribution in [0.25, 0.3) is 0 Å². The van der Waals surface area contributed by atoms with Crippen LogP contribution in [0.15, 0.2) is 42.7 Å². The van der Waals surface area contributed by atoms with Crippen molar-refractivity contribution in [2.45, 2.75) is 13.3 Å². The van der Waals surface area contributed by atoms with Gasteiger partial charge in [0, 0.05) is 38.1 Å². The van der Waals surface area contributed by atoms with E-state index < -0.39 is 0 Å². The summed E-state index contributed by atoms with van der Waals surface area (Å²) < 4.78 is 5.40. The second-order valence-electron chi connectivity index (χ2n) is 4.59.